The lowest BCUT2D eigenvalue weighted by Gasteiger charge is -2.15. The van der Waals surface area contributed by atoms with Crippen LogP contribution in [-0.2, 0) is 14.8 Å². The molecule has 0 spiro atoms. The Morgan fingerprint density at radius 1 is 1.44 bits per heavy atom. The lowest BCUT2D eigenvalue weighted by Crippen LogP contribution is -2.42. The van der Waals surface area contributed by atoms with E-state index < -0.39 is 22.0 Å². The SMILES string of the molecule is CSCCC(NS(=O)(=O)CC(C)C)C(=O)O. The molecule has 0 saturated carbocycles. The highest BCUT2D eigenvalue weighted by Crippen LogP contribution is 2.05. The van der Waals surface area contributed by atoms with Crippen LogP contribution in [-0.4, -0.2) is 43.3 Å². The minimum Gasteiger partial charge on any atom is -0.480 e. The lowest BCUT2D eigenvalue weighted by molar-refractivity contribution is -0.139. The summed E-state index contributed by atoms with van der Waals surface area (Å²) in [6.07, 6.45) is 2.15. The average Bonchev–Trinajstić information content (AvgIpc) is 2.09. The summed E-state index contributed by atoms with van der Waals surface area (Å²) in [5, 5.41) is 8.86. The van der Waals surface area contributed by atoms with Gasteiger partial charge < -0.3 is 5.11 Å². The number of nitrogens with one attached hydrogen (secondary N) is 1. The minimum atomic E-state index is -3.50. The molecule has 0 aromatic rings. The summed E-state index contributed by atoms with van der Waals surface area (Å²) in [4.78, 5) is 10.8. The first-order valence-corrected chi connectivity index (χ1v) is 8.05. The molecule has 0 aromatic heterocycles. The Balaban J connectivity index is 4.44. The van der Waals surface area contributed by atoms with E-state index in [4.69, 9.17) is 5.11 Å². The number of thioether (sulfide) groups is 1. The third kappa shape index (κ3) is 7.08. The van der Waals surface area contributed by atoms with Crippen molar-refractivity contribution < 1.29 is 18.3 Å². The van der Waals surface area contributed by atoms with Crippen LogP contribution in [0.1, 0.15) is 20.3 Å². The largest absolute Gasteiger partial charge is 0.480 e. The van der Waals surface area contributed by atoms with Crippen molar-refractivity contribution in [1.29, 1.82) is 0 Å². The Hall–Kier alpha value is -0.270. The van der Waals surface area contributed by atoms with E-state index >= 15 is 0 Å². The summed E-state index contributed by atoms with van der Waals surface area (Å²) < 4.78 is 25.3. The van der Waals surface area contributed by atoms with Crippen molar-refractivity contribution >= 4 is 27.8 Å². The van der Waals surface area contributed by atoms with Crippen molar-refractivity contribution in [1.82, 2.24) is 4.72 Å². The molecule has 0 saturated heterocycles. The van der Waals surface area contributed by atoms with Crippen molar-refractivity contribution in [2.75, 3.05) is 17.8 Å². The molecule has 0 aliphatic heterocycles. The molecule has 0 radical (unpaired) electrons. The molecular weight excluding hydrogens is 250 g/mol. The first-order chi connectivity index (χ1) is 7.28. The summed E-state index contributed by atoms with van der Waals surface area (Å²) in [7, 11) is -3.50. The van der Waals surface area contributed by atoms with Gasteiger partial charge in [-0.15, -0.1) is 0 Å². The second-order valence-electron chi connectivity index (χ2n) is 3.97. The van der Waals surface area contributed by atoms with Gasteiger partial charge in [0, 0.05) is 0 Å². The molecule has 0 bridgehead atoms. The maximum absolute atomic E-state index is 11.5. The van der Waals surface area contributed by atoms with Crippen molar-refractivity contribution in [2.45, 2.75) is 26.3 Å². The maximum atomic E-state index is 11.5. The van der Waals surface area contributed by atoms with E-state index in [9.17, 15) is 13.2 Å². The Bertz CT molecular complexity index is 313. The first kappa shape index (κ1) is 15.7. The van der Waals surface area contributed by atoms with Crippen LogP contribution in [0, 0.1) is 5.92 Å². The molecule has 1 unspecified atom stereocenters. The highest BCUT2D eigenvalue weighted by atomic mass is 32.2. The fourth-order valence-electron chi connectivity index (χ4n) is 1.17. The van der Waals surface area contributed by atoms with E-state index in [0.717, 1.165) is 0 Å². The lowest BCUT2D eigenvalue weighted by atomic mass is 10.2. The van der Waals surface area contributed by atoms with Gasteiger partial charge in [0.15, 0.2) is 0 Å². The van der Waals surface area contributed by atoms with Gasteiger partial charge in [-0.25, -0.2) is 13.1 Å². The van der Waals surface area contributed by atoms with Crippen LogP contribution in [0.2, 0.25) is 0 Å². The number of aliphatic carboxylic acids is 1. The quantitative estimate of drug-likeness (QED) is 0.680. The third-order valence-electron chi connectivity index (χ3n) is 1.78. The fourth-order valence-corrected chi connectivity index (χ4v) is 3.27. The number of rotatable bonds is 8. The van der Waals surface area contributed by atoms with E-state index in [0.29, 0.717) is 12.2 Å². The smallest absolute Gasteiger partial charge is 0.321 e. The van der Waals surface area contributed by atoms with Crippen LogP contribution < -0.4 is 4.72 Å². The molecule has 2 N–H and O–H groups in total. The number of sulfonamides is 1. The summed E-state index contributed by atoms with van der Waals surface area (Å²) >= 11 is 1.49. The van der Waals surface area contributed by atoms with Gasteiger partial charge in [-0.2, -0.15) is 11.8 Å². The first-order valence-electron chi connectivity index (χ1n) is 5.00. The number of carboxylic acid groups (broad SMARTS) is 1. The Morgan fingerprint density at radius 3 is 2.38 bits per heavy atom. The maximum Gasteiger partial charge on any atom is 0.321 e. The molecule has 96 valence electrons. The van der Waals surface area contributed by atoms with Gasteiger partial charge in [0.25, 0.3) is 0 Å². The average molecular weight is 269 g/mol. The number of carboxylic acids is 1. The molecule has 16 heavy (non-hydrogen) atoms. The van der Waals surface area contributed by atoms with Gasteiger partial charge >= 0.3 is 5.97 Å². The minimum absolute atomic E-state index is 0.0208. The summed E-state index contributed by atoms with van der Waals surface area (Å²) in [5.41, 5.74) is 0. The van der Waals surface area contributed by atoms with Gasteiger partial charge in [-0.05, 0) is 24.3 Å². The zero-order chi connectivity index (χ0) is 12.8. The highest BCUT2D eigenvalue weighted by Gasteiger charge is 2.23. The van der Waals surface area contributed by atoms with E-state index in [1.165, 1.54) is 11.8 Å². The zero-order valence-electron chi connectivity index (χ0n) is 9.76. The predicted octanol–water partition coefficient (Wildman–Crippen LogP) is 0.768. The van der Waals surface area contributed by atoms with Crippen molar-refractivity contribution in [3.05, 3.63) is 0 Å². The molecular formula is C9H19NO4S2. The van der Waals surface area contributed by atoms with E-state index in [-0.39, 0.29) is 11.7 Å². The van der Waals surface area contributed by atoms with Crippen molar-refractivity contribution in [2.24, 2.45) is 5.92 Å². The second kappa shape index (κ2) is 7.13. The van der Waals surface area contributed by atoms with Crippen LogP contribution in [0.5, 0.6) is 0 Å². The summed E-state index contributed by atoms with van der Waals surface area (Å²) in [5.74, 6) is -0.578. The monoisotopic (exact) mass is 269 g/mol. The third-order valence-corrected chi connectivity index (χ3v) is 4.18. The highest BCUT2D eigenvalue weighted by molar-refractivity contribution is 7.98. The Kier molecular flexibility index (Phi) is 7.01. The number of carbonyl (C=O) groups is 1. The number of hydrogen-bond acceptors (Lipinski definition) is 4. The molecule has 7 heteroatoms. The van der Waals surface area contributed by atoms with E-state index in [2.05, 4.69) is 4.72 Å². The predicted molar refractivity (Wildman–Crippen MR) is 66.2 cm³/mol. The van der Waals surface area contributed by atoms with Crippen LogP contribution in [0.25, 0.3) is 0 Å². The topological polar surface area (TPSA) is 83.5 Å². The Morgan fingerprint density at radius 2 is 2.00 bits per heavy atom. The molecule has 5 nitrogen and oxygen atoms in total. The van der Waals surface area contributed by atoms with Gasteiger partial charge in [-0.1, -0.05) is 13.8 Å². The molecule has 0 aromatic carbocycles. The fraction of sp³-hybridized carbons (Fsp3) is 0.889. The molecule has 1 atom stereocenters. The normalized spacial score (nSPS) is 14.0. The van der Waals surface area contributed by atoms with Gasteiger partial charge in [-0.3, -0.25) is 4.79 Å². The van der Waals surface area contributed by atoms with Gasteiger partial charge in [0.05, 0.1) is 5.75 Å². The molecule has 0 amide bonds. The van der Waals surface area contributed by atoms with Crippen LogP contribution in [0.4, 0.5) is 0 Å². The van der Waals surface area contributed by atoms with E-state index in [1.54, 1.807) is 13.8 Å². The molecule has 0 heterocycles. The van der Waals surface area contributed by atoms with Crippen molar-refractivity contribution in [3.8, 4) is 0 Å². The molecule has 0 fully saturated rings. The molecule has 0 rings (SSSR count). The van der Waals surface area contributed by atoms with E-state index in [1.807, 2.05) is 6.26 Å². The standard InChI is InChI=1S/C9H19NO4S2/c1-7(2)6-16(13,14)10-8(9(11)12)4-5-15-3/h7-8,10H,4-6H2,1-3H3,(H,11,12). The zero-order valence-corrected chi connectivity index (χ0v) is 11.4. The Labute approximate surface area is 101 Å². The van der Waals surface area contributed by atoms with Crippen LogP contribution in [0.15, 0.2) is 0 Å². The summed E-state index contributed by atoms with van der Waals surface area (Å²) in [6.45, 7) is 3.55. The van der Waals surface area contributed by atoms with Gasteiger partial charge in [0.2, 0.25) is 10.0 Å². The number of hydrogen-bond donors (Lipinski definition) is 2. The molecule has 0 aliphatic rings. The van der Waals surface area contributed by atoms with Crippen LogP contribution in [0.3, 0.4) is 0 Å². The molecule has 0 aliphatic carbocycles. The van der Waals surface area contributed by atoms with Crippen molar-refractivity contribution in [3.63, 3.8) is 0 Å². The second-order valence-corrected chi connectivity index (χ2v) is 6.75. The summed E-state index contributed by atoms with van der Waals surface area (Å²) in [6, 6.07) is -1.02. The van der Waals surface area contributed by atoms with Gasteiger partial charge in [0.1, 0.15) is 6.04 Å². The van der Waals surface area contributed by atoms with Crippen LogP contribution >= 0.6 is 11.8 Å².